The summed E-state index contributed by atoms with van der Waals surface area (Å²) in [6.07, 6.45) is 3.51. The SMILES string of the molecule is C1CNC(N2CC2)C1. The normalized spacial score (nSPS) is 38.2. The van der Waals surface area contributed by atoms with Gasteiger partial charge in [0, 0.05) is 13.1 Å². The average Bonchev–Trinajstić information content (AvgIpc) is 2.49. The monoisotopic (exact) mass is 112 g/mol. The first kappa shape index (κ1) is 4.77. The molecule has 0 aromatic carbocycles. The van der Waals surface area contributed by atoms with Crippen LogP contribution in [0.5, 0.6) is 0 Å². The van der Waals surface area contributed by atoms with E-state index in [0.29, 0.717) is 0 Å². The Morgan fingerprint density at radius 3 is 2.75 bits per heavy atom. The highest BCUT2D eigenvalue weighted by Gasteiger charge is 2.28. The van der Waals surface area contributed by atoms with Crippen LogP contribution in [-0.2, 0) is 0 Å². The van der Waals surface area contributed by atoms with Crippen molar-refractivity contribution >= 4 is 0 Å². The fourth-order valence-corrected chi connectivity index (χ4v) is 1.35. The van der Waals surface area contributed by atoms with Gasteiger partial charge >= 0.3 is 0 Å². The average molecular weight is 112 g/mol. The van der Waals surface area contributed by atoms with E-state index in [4.69, 9.17) is 0 Å². The van der Waals surface area contributed by atoms with Gasteiger partial charge in [-0.15, -0.1) is 0 Å². The summed E-state index contributed by atoms with van der Waals surface area (Å²) in [6, 6.07) is 0. The topological polar surface area (TPSA) is 15.0 Å². The summed E-state index contributed by atoms with van der Waals surface area (Å²) in [4.78, 5) is 2.48. The molecule has 1 atom stereocenters. The van der Waals surface area contributed by atoms with Crippen molar-refractivity contribution in [1.82, 2.24) is 10.2 Å². The molecule has 0 spiro atoms. The van der Waals surface area contributed by atoms with Crippen molar-refractivity contribution in [3.63, 3.8) is 0 Å². The van der Waals surface area contributed by atoms with E-state index >= 15 is 0 Å². The summed E-state index contributed by atoms with van der Waals surface area (Å²) in [7, 11) is 0. The number of nitrogens with one attached hydrogen (secondary N) is 1. The van der Waals surface area contributed by atoms with Gasteiger partial charge in [0.15, 0.2) is 0 Å². The molecular weight excluding hydrogens is 100 g/mol. The lowest BCUT2D eigenvalue weighted by atomic mass is 10.3. The third-order valence-corrected chi connectivity index (χ3v) is 1.96. The summed E-state index contributed by atoms with van der Waals surface area (Å²) in [5.74, 6) is 0. The highest BCUT2D eigenvalue weighted by atomic mass is 15.4. The summed E-state index contributed by atoms with van der Waals surface area (Å²) in [5, 5.41) is 3.44. The third-order valence-electron chi connectivity index (χ3n) is 1.96. The molecule has 2 aliphatic heterocycles. The van der Waals surface area contributed by atoms with Crippen LogP contribution in [0.1, 0.15) is 12.8 Å². The maximum Gasteiger partial charge on any atom is 0.0598 e. The Balaban J connectivity index is 1.86. The molecule has 2 rings (SSSR count). The molecule has 0 radical (unpaired) electrons. The molecule has 2 fully saturated rings. The third kappa shape index (κ3) is 0.740. The van der Waals surface area contributed by atoms with E-state index in [1.807, 2.05) is 0 Å². The Kier molecular flexibility index (Phi) is 1.02. The fourth-order valence-electron chi connectivity index (χ4n) is 1.35. The second-order valence-corrected chi connectivity index (χ2v) is 2.65. The van der Waals surface area contributed by atoms with Crippen LogP contribution in [0.2, 0.25) is 0 Å². The second kappa shape index (κ2) is 1.71. The molecule has 0 aromatic heterocycles. The molecule has 2 nitrogen and oxygen atoms in total. The molecule has 0 saturated carbocycles. The molecular formula is C6H12N2. The van der Waals surface area contributed by atoms with Gasteiger partial charge in [0.1, 0.15) is 0 Å². The molecule has 46 valence electrons. The van der Waals surface area contributed by atoms with Crippen molar-refractivity contribution in [2.45, 2.75) is 19.0 Å². The Morgan fingerprint density at radius 1 is 1.38 bits per heavy atom. The minimum atomic E-state index is 0.759. The van der Waals surface area contributed by atoms with Gasteiger partial charge in [0.05, 0.1) is 6.17 Å². The predicted octanol–water partition coefficient (Wildman–Crippen LogP) is 0.0115. The van der Waals surface area contributed by atoms with Crippen molar-refractivity contribution in [2.24, 2.45) is 0 Å². The molecule has 0 amide bonds. The first-order valence-corrected chi connectivity index (χ1v) is 3.44. The van der Waals surface area contributed by atoms with Gasteiger partial charge in [-0.25, -0.2) is 0 Å². The first-order valence-electron chi connectivity index (χ1n) is 3.44. The van der Waals surface area contributed by atoms with Crippen molar-refractivity contribution in [2.75, 3.05) is 19.6 Å². The maximum atomic E-state index is 3.44. The quantitative estimate of drug-likeness (QED) is 0.481. The lowest BCUT2D eigenvalue weighted by Gasteiger charge is -2.08. The van der Waals surface area contributed by atoms with Crippen molar-refractivity contribution in [3.8, 4) is 0 Å². The Hall–Kier alpha value is -0.0800. The van der Waals surface area contributed by atoms with Gasteiger partial charge in [-0.1, -0.05) is 0 Å². The van der Waals surface area contributed by atoms with Crippen LogP contribution in [-0.4, -0.2) is 30.7 Å². The maximum absolute atomic E-state index is 3.44. The minimum Gasteiger partial charge on any atom is -0.302 e. The summed E-state index contributed by atoms with van der Waals surface area (Å²) in [6.45, 7) is 3.90. The van der Waals surface area contributed by atoms with Crippen LogP contribution in [0.4, 0.5) is 0 Å². The zero-order chi connectivity index (χ0) is 5.40. The van der Waals surface area contributed by atoms with Gasteiger partial charge in [0.2, 0.25) is 0 Å². The summed E-state index contributed by atoms with van der Waals surface area (Å²) < 4.78 is 0. The van der Waals surface area contributed by atoms with Gasteiger partial charge in [-0.2, -0.15) is 0 Å². The van der Waals surface area contributed by atoms with Crippen LogP contribution in [0, 0.1) is 0 Å². The summed E-state index contributed by atoms with van der Waals surface area (Å²) >= 11 is 0. The Morgan fingerprint density at radius 2 is 2.25 bits per heavy atom. The highest BCUT2D eigenvalue weighted by molar-refractivity contribution is 4.83. The molecule has 1 N–H and O–H groups in total. The van der Waals surface area contributed by atoms with Crippen LogP contribution in [0.25, 0.3) is 0 Å². The molecule has 2 heterocycles. The molecule has 2 heteroatoms. The van der Waals surface area contributed by atoms with Crippen molar-refractivity contribution in [1.29, 1.82) is 0 Å². The lowest BCUT2D eigenvalue weighted by Crippen LogP contribution is -2.29. The number of hydrogen-bond acceptors (Lipinski definition) is 2. The standard InChI is InChI=1S/C6H12N2/c1-2-6(7-3-1)8-4-5-8/h6-7H,1-5H2. The molecule has 0 aromatic rings. The molecule has 8 heavy (non-hydrogen) atoms. The zero-order valence-electron chi connectivity index (χ0n) is 5.06. The van der Waals surface area contributed by atoms with Gasteiger partial charge in [-0.05, 0) is 19.4 Å². The van der Waals surface area contributed by atoms with E-state index in [-0.39, 0.29) is 0 Å². The molecule has 2 saturated heterocycles. The number of rotatable bonds is 1. The van der Waals surface area contributed by atoms with Crippen LogP contribution < -0.4 is 5.32 Å². The largest absolute Gasteiger partial charge is 0.302 e. The van der Waals surface area contributed by atoms with E-state index in [1.54, 1.807) is 0 Å². The fraction of sp³-hybridized carbons (Fsp3) is 1.00. The van der Waals surface area contributed by atoms with Crippen LogP contribution in [0.15, 0.2) is 0 Å². The molecule has 1 unspecified atom stereocenters. The first-order chi connectivity index (χ1) is 3.97. The minimum absolute atomic E-state index is 0.759. The molecule has 0 bridgehead atoms. The Bertz CT molecular complexity index is 82.5. The molecule has 2 aliphatic rings. The van der Waals surface area contributed by atoms with E-state index in [2.05, 4.69) is 10.2 Å². The number of hydrogen-bond donors (Lipinski definition) is 1. The van der Waals surface area contributed by atoms with Crippen molar-refractivity contribution < 1.29 is 0 Å². The lowest BCUT2D eigenvalue weighted by molar-refractivity contribution is 0.373. The van der Waals surface area contributed by atoms with Gasteiger partial charge < -0.3 is 5.32 Å². The van der Waals surface area contributed by atoms with E-state index < -0.39 is 0 Å². The predicted molar refractivity (Wildman–Crippen MR) is 32.6 cm³/mol. The Labute approximate surface area is 49.9 Å². The van der Waals surface area contributed by atoms with Crippen LogP contribution in [0.3, 0.4) is 0 Å². The van der Waals surface area contributed by atoms with Gasteiger partial charge in [0.25, 0.3) is 0 Å². The zero-order valence-corrected chi connectivity index (χ0v) is 5.06. The van der Waals surface area contributed by atoms with E-state index in [1.165, 1.54) is 32.5 Å². The summed E-state index contributed by atoms with van der Waals surface area (Å²) in [5.41, 5.74) is 0. The second-order valence-electron chi connectivity index (χ2n) is 2.65. The van der Waals surface area contributed by atoms with E-state index in [9.17, 15) is 0 Å². The van der Waals surface area contributed by atoms with Crippen molar-refractivity contribution in [3.05, 3.63) is 0 Å². The molecule has 0 aliphatic carbocycles. The van der Waals surface area contributed by atoms with E-state index in [0.717, 1.165) is 6.17 Å². The van der Waals surface area contributed by atoms with Gasteiger partial charge in [-0.3, -0.25) is 4.90 Å². The number of nitrogens with zero attached hydrogens (tertiary/aromatic N) is 1. The smallest absolute Gasteiger partial charge is 0.0598 e. The highest BCUT2D eigenvalue weighted by Crippen LogP contribution is 2.16. The van der Waals surface area contributed by atoms with Crippen LogP contribution >= 0.6 is 0 Å².